The highest BCUT2D eigenvalue weighted by molar-refractivity contribution is 7.99. The molecule has 0 fully saturated rings. The van der Waals surface area contributed by atoms with Crippen LogP contribution >= 0.6 is 11.8 Å². The zero-order chi connectivity index (χ0) is 7.68. The molecule has 2 heterocycles. The highest BCUT2D eigenvalue weighted by Crippen LogP contribution is 2.35. The van der Waals surface area contributed by atoms with Crippen molar-refractivity contribution in [3.63, 3.8) is 0 Å². The smallest absolute Gasteiger partial charge is 0.214 e. The van der Waals surface area contributed by atoms with Gasteiger partial charge in [0, 0.05) is 12.4 Å². The van der Waals surface area contributed by atoms with Gasteiger partial charge in [0.2, 0.25) is 6.41 Å². The fourth-order valence-electron chi connectivity index (χ4n) is 1.02. The molecule has 1 aliphatic rings. The lowest BCUT2D eigenvalue weighted by atomic mass is 10.4. The zero-order valence-electron chi connectivity index (χ0n) is 5.73. The molecule has 56 valence electrons. The monoisotopic (exact) mass is 166 g/mol. The van der Waals surface area contributed by atoms with E-state index in [0.717, 1.165) is 17.0 Å². The Labute approximate surface area is 68.4 Å². The summed E-state index contributed by atoms with van der Waals surface area (Å²) in [7, 11) is 0. The maximum atomic E-state index is 10.5. The normalized spacial score (nSPS) is 14.7. The van der Waals surface area contributed by atoms with E-state index < -0.39 is 0 Å². The zero-order valence-corrected chi connectivity index (χ0v) is 6.54. The van der Waals surface area contributed by atoms with Crippen LogP contribution in [-0.2, 0) is 4.79 Å². The van der Waals surface area contributed by atoms with E-state index in [-0.39, 0.29) is 0 Å². The van der Waals surface area contributed by atoms with Crippen LogP contribution < -0.4 is 4.90 Å². The third-order valence-corrected chi connectivity index (χ3v) is 2.59. The molecule has 1 aromatic rings. The minimum absolute atomic E-state index is 0.713. The molecule has 0 spiro atoms. The summed E-state index contributed by atoms with van der Waals surface area (Å²) in [5.41, 5.74) is 0.972. The van der Waals surface area contributed by atoms with Crippen LogP contribution in [0.25, 0.3) is 0 Å². The summed E-state index contributed by atoms with van der Waals surface area (Å²) >= 11 is 1.63. The van der Waals surface area contributed by atoms with Crippen molar-refractivity contribution in [2.24, 2.45) is 0 Å². The molecule has 1 aromatic heterocycles. The van der Waals surface area contributed by atoms with E-state index in [1.54, 1.807) is 29.1 Å². The Balaban J connectivity index is 2.46. The Morgan fingerprint density at radius 3 is 3.45 bits per heavy atom. The molecule has 2 rings (SSSR count). The van der Waals surface area contributed by atoms with E-state index in [1.165, 1.54) is 0 Å². The molecule has 11 heavy (non-hydrogen) atoms. The second-order valence-corrected chi connectivity index (χ2v) is 3.18. The van der Waals surface area contributed by atoms with Crippen molar-refractivity contribution in [3.8, 4) is 0 Å². The van der Waals surface area contributed by atoms with Gasteiger partial charge < -0.3 is 4.90 Å². The Morgan fingerprint density at radius 1 is 1.73 bits per heavy atom. The number of rotatable bonds is 1. The van der Waals surface area contributed by atoms with Crippen LogP contribution in [0.3, 0.4) is 0 Å². The van der Waals surface area contributed by atoms with Crippen molar-refractivity contribution in [1.29, 1.82) is 0 Å². The molecule has 1 aliphatic heterocycles. The largest absolute Gasteiger partial charge is 0.304 e. The van der Waals surface area contributed by atoms with Gasteiger partial charge >= 0.3 is 0 Å². The second-order valence-electron chi connectivity index (χ2n) is 2.19. The fraction of sp³-hybridized carbons (Fsp3) is 0.143. The number of thioether (sulfide) groups is 1. The van der Waals surface area contributed by atoms with Crippen LogP contribution in [0.5, 0.6) is 0 Å². The average molecular weight is 166 g/mol. The van der Waals surface area contributed by atoms with Gasteiger partial charge in [-0.1, -0.05) is 0 Å². The van der Waals surface area contributed by atoms with E-state index in [1.807, 2.05) is 6.07 Å². The Morgan fingerprint density at radius 2 is 2.64 bits per heavy atom. The first-order chi connectivity index (χ1) is 5.42. The van der Waals surface area contributed by atoms with E-state index in [2.05, 4.69) is 4.98 Å². The molecule has 0 radical (unpaired) electrons. The van der Waals surface area contributed by atoms with Crippen molar-refractivity contribution >= 4 is 23.9 Å². The maximum absolute atomic E-state index is 10.5. The Kier molecular flexibility index (Phi) is 1.54. The van der Waals surface area contributed by atoms with Crippen LogP contribution in [0.1, 0.15) is 0 Å². The van der Waals surface area contributed by atoms with Gasteiger partial charge in [-0.05, 0) is 6.07 Å². The average Bonchev–Trinajstić information content (AvgIpc) is 2.47. The highest BCUT2D eigenvalue weighted by atomic mass is 32.2. The number of amides is 1. The van der Waals surface area contributed by atoms with Crippen molar-refractivity contribution in [1.82, 2.24) is 4.98 Å². The van der Waals surface area contributed by atoms with Crippen LogP contribution in [0, 0.1) is 0 Å². The van der Waals surface area contributed by atoms with E-state index in [9.17, 15) is 4.79 Å². The minimum Gasteiger partial charge on any atom is -0.304 e. The number of aromatic nitrogens is 1. The molecule has 0 saturated carbocycles. The molecular formula is C7H6N2OS. The highest BCUT2D eigenvalue weighted by Gasteiger charge is 2.17. The molecule has 0 aliphatic carbocycles. The number of nitrogens with zero attached hydrogens (tertiary/aromatic N) is 2. The first-order valence-corrected chi connectivity index (χ1v) is 4.19. The van der Waals surface area contributed by atoms with Gasteiger partial charge in [-0.2, -0.15) is 0 Å². The molecule has 0 bridgehead atoms. The molecule has 1 amide bonds. The standard InChI is InChI=1S/C7H6N2OS/c10-4-9-5-11-7-3-8-2-1-6(7)9/h1-4H,5H2. The van der Waals surface area contributed by atoms with E-state index in [4.69, 9.17) is 0 Å². The predicted molar refractivity (Wildman–Crippen MR) is 43.5 cm³/mol. The van der Waals surface area contributed by atoms with Crippen LogP contribution in [0.4, 0.5) is 5.69 Å². The number of anilines is 1. The molecule has 0 unspecified atom stereocenters. The van der Waals surface area contributed by atoms with E-state index in [0.29, 0.717) is 5.88 Å². The molecule has 0 saturated heterocycles. The summed E-state index contributed by atoms with van der Waals surface area (Å²) in [4.78, 5) is 17.2. The van der Waals surface area contributed by atoms with Crippen LogP contribution in [-0.4, -0.2) is 17.3 Å². The number of hydrogen-bond acceptors (Lipinski definition) is 3. The molecule has 0 atom stereocenters. The summed E-state index contributed by atoms with van der Waals surface area (Å²) in [5, 5.41) is 0. The van der Waals surface area contributed by atoms with Crippen LogP contribution in [0.15, 0.2) is 23.4 Å². The van der Waals surface area contributed by atoms with Crippen molar-refractivity contribution in [3.05, 3.63) is 18.5 Å². The minimum atomic E-state index is 0.713. The fourth-order valence-corrected chi connectivity index (χ4v) is 1.96. The van der Waals surface area contributed by atoms with Gasteiger partial charge in [-0.25, -0.2) is 0 Å². The summed E-state index contributed by atoms with van der Waals surface area (Å²) in [6.45, 7) is 0. The lowest BCUT2D eigenvalue weighted by Gasteiger charge is -2.06. The molecular weight excluding hydrogens is 160 g/mol. The predicted octanol–water partition coefficient (Wildman–Crippen LogP) is 1.11. The SMILES string of the molecule is O=CN1CSc2cnccc21. The summed E-state index contributed by atoms with van der Waals surface area (Å²) in [5.74, 6) is 0.713. The molecule has 3 nitrogen and oxygen atoms in total. The Hall–Kier alpha value is -1.03. The summed E-state index contributed by atoms with van der Waals surface area (Å²) in [6, 6.07) is 1.85. The van der Waals surface area contributed by atoms with Gasteiger partial charge in [0.1, 0.15) is 0 Å². The maximum Gasteiger partial charge on any atom is 0.214 e. The molecule has 0 N–H and O–H groups in total. The van der Waals surface area contributed by atoms with Gasteiger partial charge in [0.05, 0.1) is 16.5 Å². The summed E-state index contributed by atoms with van der Waals surface area (Å²) in [6.07, 6.45) is 4.32. The Bertz CT molecular complexity index is 290. The van der Waals surface area contributed by atoms with E-state index >= 15 is 0 Å². The number of carbonyl (C=O) groups excluding carboxylic acids is 1. The van der Waals surface area contributed by atoms with Gasteiger partial charge in [-0.15, -0.1) is 11.8 Å². The number of fused-ring (bicyclic) bond motifs is 1. The topological polar surface area (TPSA) is 33.2 Å². The quantitative estimate of drug-likeness (QED) is 0.586. The van der Waals surface area contributed by atoms with Gasteiger partial charge in [0.15, 0.2) is 0 Å². The molecule has 4 heteroatoms. The van der Waals surface area contributed by atoms with Crippen LogP contribution in [0.2, 0.25) is 0 Å². The first-order valence-electron chi connectivity index (χ1n) is 3.20. The van der Waals surface area contributed by atoms with Gasteiger partial charge in [0.25, 0.3) is 0 Å². The van der Waals surface area contributed by atoms with Crippen molar-refractivity contribution in [2.45, 2.75) is 4.90 Å². The number of hydrogen-bond donors (Lipinski definition) is 0. The van der Waals surface area contributed by atoms with Gasteiger partial charge in [-0.3, -0.25) is 9.78 Å². The lowest BCUT2D eigenvalue weighted by Crippen LogP contribution is -2.15. The van der Waals surface area contributed by atoms with Crippen molar-refractivity contribution < 1.29 is 4.79 Å². The number of pyridine rings is 1. The first kappa shape index (κ1) is 6.67. The second kappa shape index (κ2) is 2.54. The third-order valence-electron chi connectivity index (χ3n) is 1.56. The lowest BCUT2D eigenvalue weighted by molar-refractivity contribution is -0.107. The third kappa shape index (κ3) is 0.991. The molecule has 0 aromatic carbocycles. The van der Waals surface area contributed by atoms with Crippen molar-refractivity contribution in [2.75, 3.05) is 10.8 Å². The summed E-state index contributed by atoms with van der Waals surface area (Å²) < 4.78 is 0. The number of carbonyl (C=O) groups is 1.